The summed E-state index contributed by atoms with van der Waals surface area (Å²) in [4.78, 5) is 27.5. The van der Waals surface area contributed by atoms with E-state index in [1.54, 1.807) is 0 Å². The number of ether oxygens (including phenoxy) is 2. The van der Waals surface area contributed by atoms with Crippen LogP contribution in [0.1, 0.15) is 174 Å². The van der Waals surface area contributed by atoms with Gasteiger partial charge in [-0.15, -0.1) is 0 Å². The van der Waals surface area contributed by atoms with E-state index in [1.807, 2.05) is 0 Å². The van der Waals surface area contributed by atoms with Crippen LogP contribution in [0.15, 0.2) is 48.6 Å². The van der Waals surface area contributed by atoms with Gasteiger partial charge in [0.15, 0.2) is 12.2 Å². The van der Waals surface area contributed by atoms with Crippen molar-refractivity contribution < 1.29 is 24.2 Å². The number of aliphatic hydroxyl groups is 1. The molecule has 49 heavy (non-hydrogen) atoms. The minimum absolute atomic E-state index is 0.116. The van der Waals surface area contributed by atoms with E-state index < -0.39 is 12.2 Å². The van der Waals surface area contributed by atoms with Crippen LogP contribution in [-0.4, -0.2) is 60.4 Å². The third kappa shape index (κ3) is 28.2. The molecule has 6 heteroatoms. The highest BCUT2D eigenvalue weighted by atomic mass is 16.6. The lowest BCUT2D eigenvalue weighted by atomic mass is 10.1. The van der Waals surface area contributed by atoms with E-state index in [-0.39, 0.29) is 18.5 Å². The fourth-order valence-corrected chi connectivity index (χ4v) is 6.14. The molecule has 0 unspecified atom stereocenters. The summed E-state index contributed by atoms with van der Waals surface area (Å²) in [6, 6.07) is 0. The number of hydrogen-bond donors (Lipinski definition) is 1. The van der Waals surface area contributed by atoms with Crippen LogP contribution < -0.4 is 0 Å². The molecule has 1 aliphatic heterocycles. The Hall–Kier alpha value is -2.18. The number of allylic oxidation sites excluding steroid dienone is 8. The number of esters is 2. The highest BCUT2D eigenvalue weighted by molar-refractivity contribution is 5.70. The van der Waals surface area contributed by atoms with Gasteiger partial charge in [-0.25, -0.2) is 0 Å². The van der Waals surface area contributed by atoms with Crippen LogP contribution in [0.3, 0.4) is 0 Å². The first kappa shape index (κ1) is 44.8. The summed E-state index contributed by atoms with van der Waals surface area (Å²) in [7, 11) is 0. The van der Waals surface area contributed by atoms with Crippen molar-refractivity contribution in [2.45, 2.75) is 187 Å². The molecule has 2 atom stereocenters. The van der Waals surface area contributed by atoms with Crippen LogP contribution in [0, 0.1) is 0 Å². The predicted molar refractivity (Wildman–Crippen MR) is 207 cm³/mol. The Balaban J connectivity index is 2.17. The molecule has 1 saturated heterocycles. The van der Waals surface area contributed by atoms with Gasteiger partial charge in [0.1, 0.15) is 0 Å². The molecule has 1 rings (SSSR count). The van der Waals surface area contributed by atoms with Crippen molar-refractivity contribution in [3.63, 3.8) is 0 Å². The van der Waals surface area contributed by atoms with Crippen molar-refractivity contribution in [3.8, 4) is 0 Å². The number of unbranched alkanes of at least 4 members (excludes halogenated alkanes) is 16. The van der Waals surface area contributed by atoms with Gasteiger partial charge in [-0.1, -0.05) is 127 Å². The molecule has 0 spiro atoms. The molecule has 0 aromatic rings. The van der Waals surface area contributed by atoms with Crippen LogP contribution in [0.2, 0.25) is 0 Å². The lowest BCUT2D eigenvalue weighted by Gasteiger charge is -2.19. The molecule has 1 aliphatic rings. The van der Waals surface area contributed by atoms with Gasteiger partial charge >= 0.3 is 11.9 Å². The second-order valence-electron chi connectivity index (χ2n) is 13.9. The first-order valence-corrected chi connectivity index (χ1v) is 20.4. The third-order valence-corrected chi connectivity index (χ3v) is 9.15. The predicted octanol–water partition coefficient (Wildman–Crippen LogP) is 11.1. The number of hydrogen-bond acceptors (Lipinski definition) is 6. The van der Waals surface area contributed by atoms with E-state index in [2.05, 4.69) is 67.4 Å². The van der Waals surface area contributed by atoms with Crippen molar-refractivity contribution in [3.05, 3.63) is 48.6 Å². The Morgan fingerprint density at radius 3 is 1.29 bits per heavy atom. The van der Waals surface area contributed by atoms with Gasteiger partial charge in [-0.2, -0.15) is 0 Å². The number of likely N-dealkylation sites (tertiary alicyclic amines) is 1. The summed E-state index contributed by atoms with van der Waals surface area (Å²) in [5, 5.41) is 9.27. The first-order chi connectivity index (χ1) is 24.1. The molecular weight excluding hydrogens is 610 g/mol. The van der Waals surface area contributed by atoms with Crippen molar-refractivity contribution in [2.75, 3.05) is 26.2 Å². The second kappa shape index (κ2) is 34.3. The standard InChI is InChI=1S/C43H75NO5/c1-3-5-7-9-11-13-15-17-19-21-23-25-27-29-31-34-42(46)48-40-38-44(36-33-37-45)39-41(40)49-43(47)35-32-30-28-26-24-22-20-18-16-14-12-10-8-6-4-2/h11-14,17-20,40-41,45H,3-10,15-16,21-39H2,1-2H3/b13-11-,14-12-,19-17-,20-18-/t40-,41-/m1/s1. The largest absolute Gasteiger partial charge is 0.457 e. The van der Waals surface area contributed by atoms with Crippen molar-refractivity contribution >= 4 is 11.9 Å². The second-order valence-corrected chi connectivity index (χ2v) is 13.9. The number of rotatable bonds is 33. The molecule has 0 amide bonds. The molecule has 0 radical (unpaired) electrons. The Bertz CT molecular complexity index is 827. The van der Waals surface area contributed by atoms with Crippen LogP contribution in [-0.2, 0) is 19.1 Å². The van der Waals surface area contributed by atoms with Gasteiger partial charge in [0.05, 0.1) is 0 Å². The van der Waals surface area contributed by atoms with E-state index in [0.29, 0.717) is 38.9 Å². The Labute approximate surface area is 301 Å². The number of nitrogens with zero attached hydrogens (tertiary/aromatic N) is 1. The Morgan fingerprint density at radius 2 is 0.898 bits per heavy atom. The highest BCUT2D eigenvalue weighted by Crippen LogP contribution is 2.20. The molecule has 0 bridgehead atoms. The van der Waals surface area contributed by atoms with Gasteiger partial charge in [-0.3, -0.25) is 14.5 Å². The molecule has 1 fully saturated rings. The zero-order chi connectivity index (χ0) is 35.5. The summed E-state index contributed by atoms with van der Waals surface area (Å²) in [5.74, 6) is -0.399. The smallest absolute Gasteiger partial charge is 0.306 e. The Kier molecular flexibility index (Phi) is 31.4. The van der Waals surface area contributed by atoms with Gasteiger partial charge in [0, 0.05) is 39.1 Å². The molecule has 0 aromatic carbocycles. The van der Waals surface area contributed by atoms with Gasteiger partial charge in [0.25, 0.3) is 0 Å². The lowest BCUT2D eigenvalue weighted by molar-refractivity contribution is -0.164. The van der Waals surface area contributed by atoms with Crippen LogP contribution >= 0.6 is 0 Å². The summed E-state index contributed by atoms with van der Waals surface area (Å²) in [6.07, 6.45) is 44.1. The maximum Gasteiger partial charge on any atom is 0.306 e. The fourth-order valence-electron chi connectivity index (χ4n) is 6.14. The maximum absolute atomic E-state index is 12.7. The maximum atomic E-state index is 12.7. The molecule has 1 heterocycles. The Morgan fingerprint density at radius 1 is 0.531 bits per heavy atom. The van der Waals surface area contributed by atoms with E-state index in [9.17, 15) is 14.7 Å². The monoisotopic (exact) mass is 686 g/mol. The topological polar surface area (TPSA) is 76.1 Å². The van der Waals surface area contributed by atoms with E-state index in [1.165, 1.54) is 77.0 Å². The minimum atomic E-state index is -0.433. The molecule has 6 nitrogen and oxygen atoms in total. The average Bonchev–Trinajstić information content (AvgIpc) is 3.47. The molecule has 282 valence electrons. The molecule has 0 aliphatic carbocycles. The van der Waals surface area contributed by atoms with Crippen LogP contribution in [0.5, 0.6) is 0 Å². The summed E-state index contributed by atoms with van der Waals surface area (Å²) in [6.45, 7) is 6.40. The van der Waals surface area contributed by atoms with Crippen molar-refractivity contribution in [1.82, 2.24) is 4.90 Å². The summed E-state index contributed by atoms with van der Waals surface area (Å²) < 4.78 is 11.7. The molecular formula is C43H75NO5. The zero-order valence-electron chi connectivity index (χ0n) is 31.8. The molecule has 0 saturated carbocycles. The van der Waals surface area contributed by atoms with Crippen LogP contribution in [0.25, 0.3) is 0 Å². The van der Waals surface area contributed by atoms with Gasteiger partial charge in [0.2, 0.25) is 0 Å². The SMILES string of the molecule is CCCCC/C=C\C/C=C\CCCCCCCC(=O)O[C@@H]1CN(CCCO)C[C@H]1OC(=O)CCCCCCC/C=C\C/C=C\CCCCC. The molecule has 1 N–H and O–H groups in total. The average molecular weight is 686 g/mol. The van der Waals surface area contributed by atoms with Crippen molar-refractivity contribution in [1.29, 1.82) is 0 Å². The number of carbonyl (C=O) groups excluding carboxylic acids is 2. The fraction of sp³-hybridized carbons (Fsp3) is 0.767. The van der Waals surface area contributed by atoms with Crippen molar-refractivity contribution in [2.24, 2.45) is 0 Å². The lowest BCUT2D eigenvalue weighted by Crippen LogP contribution is -2.33. The van der Waals surface area contributed by atoms with E-state index in [4.69, 9.17) is 9.47 Å². The number of carbonyl (C=O) groups is 2. The molecule has 0 aromatic heterocycles. The van der Waals surface area contributed by atoms with Gasteiger partial charge in [-0.05, 0) is 83.5 Å². The zero-order valence-corrected chi connectivity index (χ0v) is 31.8. The van der Waals surface area contributed by atoms with Gasteiger partial charge < -0.3 is 14.6 Å². The normalized spacial score (nSPS) is 17.0. The summed E-state index contributed by atoms with van der Waals surface area (Å²) in [5.41, 5.74) is 0. The summed E-state index contributed by atoms with van der Waals surface area (Å²) >= 11 is 0. The minimum Gasteiger partial charge on any atom is -0.457 e. The number of aliphatic hydroxyl groups excluding tert-OH is 1. The first-order valence-electron chi connectivity index (χ1n) is 20.4. The van der Waals surface area contributed by atoms with E-state index >= 15 is 0 Å². The highest BCUT2D eigenvalue weighted by Gasteiger charge is 2.37. The van der Waals surface area contributed by atoms with Crippen LogP contribution in [0.4, 0.5) is 0 Å². The van der Waals surface area contributed by atoms with E-state index in [0.717, 1.165) is 64.2 Å². The third-order valence-electron chi connectivity index (χ3n) is 9.15. The quantitative estimate of drug-likeness (QED) is 0.0421.